The van der Waals surface area contributed by atoms with E-state index in [4.69, 9.17) is 4.42 Å². The first-order valence-electron chi connectivity index (χ1n) is 5.04. The minimum absolute atomic E-state index is 0.883. The molecule has 2 rings (SSSR count). The van der Waals surface area contributed by atoms with Gasteiger partial charge >= 0.3 is 0 Å². The summed E-state index contributed by atoms with van der Waals surface area (Å²) in [7, 11) is 0. The number of allylic oxidation sites excluding steroid dienone is 1. The molecule has 1 nitrogen and oxygen atoms in total. The zero-order chi connectivity index (χ0) is 10.8. The summed E-state index contributed by atoms with van der Waals surface area (Å²) in [5.41, 5.74) is 3.21. The standard InChI is InChI=1S/C14H14O/c1-4-6-13-11(5-2)12-8-7-10(3)9-14(12)15-13/h4-9H,2H2,1,3H3/b6-4-. The molecule has 0 unspecified atom stereocenters. The van der Waals surface area contributed by atoms with Crippen molar-refractivity contribution in [2.45, 2.75) is 13.8 Å². The van der Waals surface area contributed by atoms with Crippen LogP contribution >= 0.6 is 0 Å². The van der Waals surface area contributed by atoms with Crippen LogP contribution in [0.4, 0.5) is 0 Å². The van der Waals surface area contributed by atoms with Crippen LogP contribution in [-0.4, -0.2) is 0 Å². The Balaban J connectivity index is 2.78. The summed E-state index contributed by atoms with van der Waals surface area (Å²) in [6, 6.07) is 6.22. The molecule has 1 aromatic heterocycles. The Labute approximate surface area is 89.7 Å². The Bertz CT molecular complexity index is 530. The van der Waals surface area contributed by atoms with E-state index in [2.05, 4.69) is 31.7 Å². The van der Waals surface area contributed by atoms with Crippen LogP contribution < -0.4 is 0 Å². The van der Waals surface area contributed by atoms with E-state index in [1.807, 2.05) is 25.2 Å². The predicted octanol–water partition coefficient (Wildman–Crippen LogP) is 4.42. The van der Waals surface area contributed by atoms with E-state index in [1.54, 1.807) is 0 Å². The molecule has 76 valence electrons. The van der Waals surface area contributed by atoms with Crippen molar-refractivity contribution in [3.05, 3.63) is 47.7 Å². The Morgan fingerprint density at radius 2 is 2.13 bits per heavy atom. The summed E-state index contributed by atoms with van der Waals surface area (Å²) in [5, 5.41) is 1.13. The lowest BCUT2D eigenvalue weighted by molar-refractivity contribution is 0.603. The lowest BCUT2D eigenvalue weighted by Gasteiger charge is -1.91. The summed E-state index contributed by atoms with van der Waals surface area (Å²) in [5.74, 6) is 0.883. The van der Waals surface area contributed by atoms with Crippen molar-refractivity contribution in [3.8, 4) is 0 Å². The van der Waals surface area contributed by atoms with Crippen LogP contribution in [0.15, 0.2) is 35.3 Å². The van der Waals surface area contributed by atoms with Gasteiger partial charge in [0, 0.05) is 10.9 Å². The largest absolute Gasteiger partial charge is 0.456 e. The van der Waals surface area contributed by atoms with Gasteiger partial charge in [0.05, 0.1) is 0 Å². The van der Waals surface area contributed by atoms with E-state index in [0.717, 1.165) is 22.3 Å². The fourth-order valence-corrected chi connectivity index (χ4v) is 1.73. The SMILES string of the molecule is C=Cc1c(/C=C\C)oc2cc(C)ccc12. The molecule has 0 aliphatic rings. The molecule has 0 amide bonds. The molecule has 0 atom stereocenters. The van der Waals surface area contributed by atoms with Crippen molar-refractivity contribution in [2.75, 3.05) is 0 Å². The molecule has 0 saturated heterocycles. The Hall–Kier alpha value is -1.76. The molecule has 0 N–H and O–H groups in total. The molecular formula is C14H14O. The van der Waals surface area contributed by atoms with Crippen LogP contribution in [0.2, 0.25) is 0 Å². The lowest BCUT2D eigenvalue weighted by atomic mass is 10.1. The van der Waals surface area contributed by atoms with Gasteiger partial charge < -0.3 is 4.42 Å². The molecule has 0 radical (unpaired) electrons. The molecular weight excluding hydrogens is 184 g/mol. The molecule has 0 bridgehead atoms. The van der Waals surface area contributed by atoms with Gasteiger partial charge in [-0.15, -0.1) is 0 Å². The smallest absolute Gasteiger partial charge is 0.135 e. The molecule has 0 aliphatic heterocycles. The zero-order valence-electron chi connectivity index (χ0n) is 9.08. The highest BCUT2D eigenvalue weighted by Gasteiger charge is 2.08. The summed E-state index contributed by atoms with van der Waals surface area (Å²) in [6.45, 7) is 7.86. The third-order valence-corrected chi connectivity index (χ3v) is 2.43. The third-order valence-electron chi connectivity index (χ3n) is 2.43. The Kier molecular flexibility index (Phi) is 2.46. The van der Waals surface area contributed by atoms with Crippen LogP contribution in [0.5, 0.6) is 0 Å². The molecule has 1 heterocycles. The number of rotatable bonds is 2. The second-order valence-corrected chi connectivity index (χ2v) is 3.58. The van der Waals surface area contributed by atoms with E-state index in [9.17, 15) is 0 Å². The summed E-state index contributed by atoms with van der Waals surface area (Å²) in [6.07, 6.45) is 5.78. The van der Waals surface area contributed by atoms with Gasteiger partial charge in [0.25, 0.3) is 0 Å². The Morgan fingerprint density at radius 1 is 1.33 bits per heavy atom. The molecule has 0 saturated carbocycles. The minimum Gasteiger partial charge on any atom is -0.456 e. The van der Waals surface area contributed by atoms with Gasteiger partial charge in [-0.1, -0.05) is 30.9 Å². The van der Waals surface area contributed by atoms with Crippen LogP contribution in [0, 0.1) is 6.92 Å². The first kappa shape index (κ1) is 9.78. The number of aryl methyl sites for hydroxylation is 1. The highest BCUT2D eigenvalue weighted by molar-refractivity contribution is 5.91. The molecule has 1 heteroatoms. The van der Waals surface area contributed by atoms with Crippen LogP contribution in [-0.2, 0) is 0 Å². The lowest BCUT2D eigenvalue weighted by Crippen LogP contribution is -1.73. The van der Waals surface area contributed by atoms with Crippen molar-refractivity contribution in [1.82, 2.24) is 0 Å². The molecule has 0 fully saturated rings. The van der Waals surface area contributed by atoms with Crippen LogP contribution in [0.3, 0.4) is 0 Å². The van der Waals surface area contributed by atoms with Gasteiger partial charge in [-0.05, 0) is 31.6 Å². The predicted molar refractivity (Wildman–Crippen MR) is 65.8 cm³/mol. The monoisotopic (exact) mass is 198 g/mol. The molecule has 0 spiro atoms. The maximum Gasteiger partial charge on any atom is 0.135 e. The molecule has 15 heavy (non-hydrogen) atoms. The van der Waals surface area contributed by atoms with Gasteiger partial charge in [0.2, 0.25) is 0 Å². The highest BCUT2D eigenvalue weighted by atomic mass is 16.3. The number of hydrogen-bond donors (Lipinski definition) is 0. The molecule has 0 aliphatic carbocycles. The third kappa shape index (κ3) is 1.61. The van der Waals surface area contributed by atoms with Gasteiger partial charge in [0.1, 0.15) is 11.3 Å². The summed E-state index contributed by atoms with van der Waals surface area (Å²) < 4.78 is 5.75. The second-order valence-electron chi connectivity index (χ2n) is 3.58. The normalized spacial score (nSPS) is 11.3. The van der Waals surface area contributed by atoms with Crippen LogP contribution in [0.1, 0.15) is 23.8 Å². The van der Waals surface area contributed by atoms with Gasteiger partial charge in [0.15, 0.2) is 0 Å². The minimum atomic E-state index is 0.883. The second kappa shape index (κ2) is 3.77. The van der Waals surface area contributed by atoms with Crippen LogP contribution in [0.25, 0.3) is 23.1 Å². The van der Waals surface area contributed by atoms with Crippen molar-refractivity contribution in [1.29, 1.82) is 0 Å². The van der Waals surface area contributed by atoms with E-state index in [1.165, 1.54) is 5.56 Å². The molecule has 2 aromatic rings. The number of hydrogen-bond acceptors (Lipinski definition) is 1. The average molecular weight is 198 g/mol. The maximum absolute atomic E-state index is 5.75. The van der Waals surface area contributed by atoms with Crippen molar-refractivity contribution in [2.24, 2.45) is 0 Å². The first-order chi connectivity index (χ1) is 7.26. The quantitative estimate of drug-likeness (QED) is 0.696. The topological polar surface area (TPSA) is 13.1 Å². The van der Waals surface area contributed by atoms with Crippen molar-refractivity contribution in [3.63, 3.8) is 0 Å². The van der Waals surface area contributed by atoms with Gasteiger partial charge in [-0.2, -0.15) is 0 Å². The van der Waals surface area contributed by atoms with Gasteiger partial charge in [-0.25, -0.2) is 0 Å². The highest BCUT2D eigenvalue weighted by Crippen LogP contribution is 2.28. The van der Waals surface area contributed by atoms with E-state index in [0.29, 0.717) is 0 Å². The van der Waals surface area contributed by atoms with Crippen molar-refractivity contribution < 1.29 is 4.42 Å². The summed E-state index contributed by atoms with van der Waals surface area (Å²) >= 11 is 0. The van der Waals surface area contributed by atoms with E-state index < -0.39 is 0 Å². The first-order valence-corrected chi connectivity index (χ1v) is 5.04. The number of furan rings is 1. The fraction of sp³-hybridized carbons (Fsp3) is 0.143. The van der Waals surface area contributed by atoms with Gasteiger partial charge in [-0.3, -0.25) is 0 Å². The zero-order valence-corrected chi connectivity index (χ0v) is 9.08. The Morgan fingerprint density at radius 3 is 2.80 bits per heavy atom. The summed E-state index contributed by atoms with van der Waals surface area (Å²) in [4.78, 5) is 0. The van der Waals surface area contributed by atoms with E-state index >= 15 is 0 Å². The van der Waals surface area contributed by atoms with E-state index in [-0.39, 0.29) is 0 Å². The average Bonchev–Trinajstić information content (AvgIpc) is 2.54. The maximum atomic E-state index is 5.75. The number of benzene rings is 1. The molecule has 1 aromatic carbocycles. The van der Waals surface area contributed by atoms with Crippen molar-refractivity contribution >= 4 is 23.1 Å². The fourth-order valence-electron chi connectivity index (χ4n) is 1.73. The number of fused-ring (bicyclic) bond motifs is 1.